The summed E-state index contributed by atoms with van der Waals surface area (Å²) < 4.78 is 6.81. The Labute approximate surface area is 177 Å². The molecule has 3 rings (SSSR count). The maximum atomic E-state index is 12.3. The van der Waals surface area contributed by atoms with Crippen molar-refractivity contribution in [2.45, 2.75) is 24.8 Å². The van der Waals surface area contributed by atoms with Crippen LogP contribution in [0.4, 0.5) is 4.79 Å². The maximum absolute atomic E-state index is 12.3. The van der Waals surface area contributed by atoms with Crippen LogP contribution in [0.25, 0.3) is 5.65 Å². The molecule has 1 aliphatic rings. The monoisotopic (exact) mass is 441 g/mol. The van der Waals surface area contributed by atoms with Crippen molar-refractivity contribution in [2.75, 3.05) is 18.9 Å². The Hall–Kier alpha value is -1.97. The minimum absolute atomic E-state index is 0. The first-order chi connectivity index (χ1) is 13.1. The number of carbonyl (C=O) groups is 3. The molecule has 2 aromatic heterocycles. The minimum atomic E-state index is -0.604. The molecule has 2 amide bonds. The fourth-order valence-corrected chi connectivity index (χ4v) is 4.42. The third kappa shape index (κ3) is 5.30. The van der Waals surface area contributed by atoms with Gasteiger partial charge in [-0.3, -0.25) is 18.9 Å². The summed E-state index contributed by atoms with van der Waals surface area (Å²) in [5, 5.41) is 0.764. The topological polar surface area (TPSA) is 81.0 Å². The van der Waals surface area contributed by atoms with E-state index in [1.165, 1.54) is 4.90 Å². The molecular formula is C18H20ClN3O4S2. The molecule has 3 heterocycles. The summed E-state index contributed by atoms with van der Waals surface area (Å²) in [6, 6.07) is 5.96. The van der Waals surface area contributed by atoms with E-state index in [2.05, 4.69) is 4.98 Å². The number of carbonyl (C=O) groups excluding carboxylic acids is 3. The van der Waals surface area contributed by atoms with Crippen molar-refractivity contribution in [2.24, 2.45) is 0 Å². The number of thioether (sulfide) groups is 2. The highest BCUT2D eigenvalue weighted by atomic mass is 35.5. The fourth-order valence-electron chi connectivity index (χ4n) is 2.57. The van der Waals surface area contributed by atoms with Gasteiger partial charge >= 0.3 is 5.97 Å². The van der Waals surface area contributed by atoms with Crippen LogP contribution in [0.5, 0.6) is 0 Å². The van der Waals surface area contributed by atoms with Crippen molar-refractivity contribution in [3.63, 3.8) is 0 Å². The second-order valence-electron chi connectivity index (χ2n) is 5.66. The van der Waals surface area contributed by atoms with Gasteiger partial charge in [0, 0.05) is 25.0 Å². The number of ether oxygens (including phenoxy) is 1. The molecule has 10 heteroatoms. The minimum Gasteiger partial charge on any atom is -0.463 e. The standard InChI is InChI=1S/C18H19N3O4S2.ClH/c1-2-25-16(22)12-13-17(23)21(18(24)27-13)9-3-4-11-26-15-7-5-6-14-19-8-10-20(14)15;/h5-8,10,12H,2-4,9,11H2,1H3;1H. The first-order valence-electron chi connectivity index (χ1n) is 8.57. The number of rotatable bonds is 8. The Bertz CT molecular complexity index is 900. The molecule has 0 radical (unpaired) electrons. The van der Waals surface area contributed by atoms with Crippen LogP contribution in [0.3, 0.4) is 0 Å². The Morgan fingerprint density at radius 2 is 2.14 bits per heavy atom. The van der Waals surface area contributed by atoms with Crippen molar-refractivity contribution in [3.8, 4) is 0 Å². The first kappa shape index (κ1) is 22.3. The summed E-state index contributed by atoms with van der Waals surface area (Å²) in [6.45, 7) is 2.26. The number of nitrogens with zero attached hydrogens (tertiary/aromatic N) is 3. The van der Waals surface area contributed by atoms with E-state index in [1.807, 2.05) is 28.8 Å². The van der Waals surface area contributed by atoms with Crippen molar-refractivity contribution in [3.05, 3.63) is 41.6 Å². The lowest BCUT2D eigenvalue weighted by molar-refractivity contribution is -0.137. The molecular weight excluding hydrogens is 422 g/mol. The fraction of sp³-hybridized carbons (Fsp3) is 0.333. The quantitative estimate of drug-likeness (QED) is 0.267. The number of hydrogen-bond donors (Lipinski definition) is 0. The molecule has 0 atom stereocenters. The molecule has 0 unspecified atom stereocenters. The van der Waals surface area contributed by atoms with Crippen molar-refractivity contribution >= 4 is 58.7 Å². The summed E-state index contributed by atoms with van der Waals surface area (Å²) in [6.07, 6.45) is 6.35. The van der Waals surface area contributed by atoms with Gasteiger partial charge in [0.15, 0.2) is 0 Å². The highest BCUT2D eigenvalue weighted by molar-refractivity contribution is 8.18. The Kier molecular flexibility index (Phi) is 8.40. The Morgan fingerprint density at radius 1 is 1.32 bits per heavy atom. The number of pyridine rings is 1. The van der Waals surface area contributed by atoms with E-state index < -0.39 is 11.9 Å². The van der Waals surface area contributed by atoms with Gasteiger partial charge in [-0.25, -0.2) is 9.78 Å². The predicted molar refractivity (Wildman–Crippen MR) is 112 cm³/mol. The van der Waals surface area contributed by atoms with Gasteiger partial charge in [-0.2, -0.15) is 0 Å². The summed E-state index contributed by atoms with van der Waals surface area (Å²) in [4.78, 5) is 41.3. The third-order valence-corrected chi connectivity index (χ3v) is 5.85. The number of imidazole rings is 1. The summed E-state index contributed by atoms with van der Waals surface area (Å²) in [5.41, 5.74) is 0.909. The molecule has 1 aliphatic heterocycles. The van der Waals surface area contributed by atoms with Crippen LogP contribution in [0, 0.1) is 0 Å². The van der Waals surface area contributed by atoms with Crippen LogP contribution in [0.2, 0.25) is 0 Å². The summed E-state index contributed by atoms with van der Waals surface area (Å²) in [5.74, 6) is -0.159. The Morgan fingerprint density at radius 3 is 2.93 bits per heavy atom. The zero-order valence-electron chi connectivity index (χ0n) is 15.2. The molecule has 0 aliphatic carbocycles. The molecule has 2 aromatic rings. The molecule has 0 saturated carbocycles. The zero-order chi connectivity index (χ0) is 19.2. The van der Waals surface area contributed by atoms with Crippen LogP contribution in [0.1, 0.15) is 19.8 Å². The van der Waals surface area contributed by atoms with Crippen LogP contribution >= 0.6 is 35.9 Å². The van der Waals surface area contributed by atoms with Gasteiger partial charge in [0.25, 0.3) is 11.1 Å². The molecule has 0 N–H and O–H groups in total. The second-order valence-corrected chi connectivity index (χ2v) is 7.77. The summed E-state index contributed by atoms with van der Waals surface area (Å²) in [7, 11) is 0. The van der Waals surface area contributed by atoms with Crippen molar-refractivity contribution < 1.29 is 19.1 Å². The lowest BCUT2D eigenvalue weighted by Crippen LogP contribution is -2.29. The predicted octanol–water partition coefficient (Wildman–Crippen LogP) is 3.77. The lowest BCUT2D eigenvalue weighted by Gasteiger charge is -2.12. The molecule has 0 aromatic carbocycles. The van der Waals surface area contributed by atoms with E-state index in [4.69, 9.17) is 4.74 Å². The van der Waals surface area contributed by atoms with E-state index in [0.29, 0.717) is 13.0 Å². The summed E-state index contributed by atoms with van der Waals surface area (Å²) >= 11 is 2.49. The highest BCUT2D eigenvalue weighted by Crippen LogP contribution is 2.31. The van der Waals surface area contributed by atoms with Gasteiger partial charge in [-0.15, -0.1) is 24.2 Å². The van der Waals surface area contributed by atoms with Gasteiger partial charge in [0.2, 0.25) is 0 Å². The number of fused-ring (bicyclic) bond motifs is 1. The number of aromatic nitrogens is 2. The van der Waals surface area contributed by atoms with Gasteiger partial charge in [0.1, 0.15) is 5.65 Å². The van der Waals surface area contributed by atoms with Gasteiger partial charge in [-0.1, -0.05) is 6.07 Å². The van der Waals surface area contributed by atoms with E-state index in [9.17, 15) is 14.4 Å². The average Bonchev–Trinajstić information content (AvgIpc) is 3.22. The molecule has 150 valence electrons. The third-order valence-electron chi connectivity index (χ3n) is 3.83. The number of esters is 1. The van der Waals surface area contributed by atoms with Gasteiger partial charge in [-0.05, 0) is 49.4 Å². The molecule has 0 spiro atoms. The van der Waals surface area contributed by atoms with E-state index in [1.54, 1.807) is 24.9 Å². The van der Waals surface area contributed by atoms with Gasteiger partial charge in [0.05, 0.1) is 16.5 Å². The second kappa shape index (κ2) is 10.5. The molecule has 1 saturated heterocycles. The van der Waals surface area contributed by atoms with Crippen molar-refractivity contribution in [1.82, 2.24) is 14.3 Å². The van der Waals surface area contributed by atoms with Crippen LogP contribution in [0.15, 0.2) is 46.6 Å². The smallest absolute Gasteiger partial charge is 0.332 e. The lowest BCUT2D eigenvalue weighted by atomic mass is 10.3. The number of unbranched alkanes of at least 4 members (excludes halogenated alkanes) is 1. The number of amides is 2. The van der Waals surface area contributed by atoms with E-state index in [0.717, 1.165) is 40.7 Å². The van der Waals surface area contributed by atoms with Crippen molar-refractivity contribution in [1.29, 1.82) is 0 Å². The molecule has 7 nitrogen and oxygen atoms in total. The molecule has 28 heavy (non-hydrogen) atoms. The number of hydrogen-bond acceptors (Lipinski definition) is 7. The number of imide groups is 1. The number of halogens is 1. The normalized spacial score (nSPS) is 15.3. The largest absolute Gasteiger partial charge is 0.463 e. The molecule has 1 fully saturated rings. The maximum Gasteiger partial charge on any atom is 0.332 e. The average molecular weight is 442 g/mol. The van der Waals surface area contributed by atoms with E-state index in [-0.39, 0.29) is 29.2 Å². The van der Waals surface area contributed by atoms with Crippen LogP contribution < -0.4 is 0 Å². The Balaban J connectivity index is 0.00000280. The van der Waals surface area contributed by atoms with E-state index >= 15 is 0 Å². The van der Waals surface area contributed by atoms with Crippen LogP contribution in [-0.2, 0) is 14.3 Å². The van der Waals surface area contributed by atoms with Gasteiger partial charge < -0.3 is 4.74 Å². The SMILES string of the molecule is CCOC(=O)C=C1SC(=O)N(CCCCSc2cccc3nccn23)C1=O.Cl. The molecule has 0 bridgehead atoms. The van der Waals surface area contributed by atoms with Crippen LogP contribution in [-0.4, -0.2) is 50.3 Å². The first-order valence-corrected chi connectivity index (χ1v) is 10.4. The highest BCUT2D eigenvalue weighted by Gasteiger charge is 2.35. The zero-order valence-corrected chi connectivity index (χ0v) is 17.6.